The molecule has 5 heteroatoms. The van der Waals surface area contributed by atoms with Crippen LogP contribution >= 0.6 is 11.3 Å². The number of fused-ring (bicyclic) bond motifs is 1. The zero-order valence-electron chi connectivity index (χ0n) is 12.1. The van der Waals surface area contributed by atoms with Crippen molar-refractivity contribution in [3.05, 3.63) is 16.8 Å². The second kappa shape index (κ2) is 5.66. The van der Waals surface area contributed by atoms with Crippen LogP contribution in [-0.2, 0) is 0 Å². The molecule has 3 heterocycles. The molecule has 1 atom stereocenters. The first-order valence-corrected chi connectivity index (χ1v) is 8.09. The van der Waals surface area contributed by atoms with Crippen molar-refractivity contribution in [2.24, 2.45) is 5.92 Å². The Labute approximate surface area is 123 Å². The molecule has 0 radical (unpaired) electrons. The Hall–Kier alpha value is -1.20. The molecule has 4 nitrogen and oxygen atoms in total. The topological polar surface area (TPSA) is 49.2 Å². The summed E-state index contributed by atoms with van der Waals surface area (Å²) in [6.45, 7) is 6.66. The maximum Gasteiger partial charge on any atom is 0.141 e. The average molecular weight is 291 g/mol. The second-order valence-electron chi connectivity index (χ2n) is 5.63. The molecule has 3 rings (SSSR count). The summed E-state index contributed by atoms with van der Waals surface area (Å²) in [6, 6.07) is 0. The van der Waals surface area contributed by atoms with Gasteiger partial charge in [0.15, 0.2) is 0 Å². The Kier molecular flexibility index (Phi) is 3.89. The van der Waals surface area contributed by atoms with Gasteiger partial charge in [0.1, 0.15) is 17.0 Å². The Morgan fingerprint density at radius 2 is 2.25 bits per heavy atom. The van der Waals surface area contributed by atoms with Crippen LogP contribution in [0.1, 0.15) is 29.7 Å². The van der Waals surface area contributed by atoms with E-state index in [1.54, 1.807) is 17.7 Å². The number of nitrogens with zero attached hydrogens (tertiary/aromatic N) is 3. The first-order valence-electron chi connectivity index (χ1n) is 7.27. The molecule has 0 aromatic carbocycles. The minimum atomic E-state index is 0.286. The van der Waals surface area contributed by atoms with Crippen molar-refractivity contribution in [2.45, 2.75) is 33.1 Å². The Bertz CT molecular complexity index is 608. The van der Waals surface area contributed by atoms with Gasteiger partial charge in [0, 0.05) is 24.6 Å². The molecule has 2 aromatic heterocycles. The predicted molar refractivity (Wildman–Crippen MR) is 83.5 cm³/mol. The van der Waals surface area contributed by atoms with Gasteiger partial charge in [0.2, 0.25) is 0 Å². The van der Waals surface area contributed by atoms with E-state index in [0.29, 0.717) is 5.92 Å². The summed E-state index contributed by atoms with van der Waals surface area (Å²) >= 11 is 1.75. The van der Waals surface area contributed by atoms with Crippen LogP contribution in [0.2, 0.25) is 0 Å². The van der Waals surface area contributed by atoms with E-state index in [-0.39, 0.29) is 6.61 Å². The van der Waals surface area contributed by atoms with Gasteiger partial charge < -0.3 is 10.0 Å². The normalized spacial score (nSPS) is 19.8. The summed E-state index contributed by atoms with van der Waals surface area (Å²) in [7, 11) is 0. The molecule has 1 aliphatic heterocycles. The summed E-state index contributed by atoms with van der Waals surface area (Å²) in [5.74, 6) is 1.67. The average Bonchev–Trinajstić information content (AvgIpc) is 2.75. The van der Waals surface area contributed by atoms with E-state index >= 15 is 0 Å². The molecule has 1 saturated heterocycles. The highest BCUT2D eigenvalue weighted by molar-refractivity contribution is 7.18. The highest BCUT2D eigenvalue weighted by Gasteiger charge is 2.23. The molecule has 1 N–H and O–H groups in total. The first kappa shape index (κ1) is 13.8. The van der Waals surface area contributed by atoms with Gasteiger partial charge >= 0.3 is 0 Å². The molecular weight excluding hydrogens is 270 g/mol. The van der Waals surface area contributed by atoms with E-state index in [1.165, 1.54) is 28.7 Å². The minimum absolute atomic E-state index is 0.286. The molecule has 0 aliphatic carbocycles. The quantitative estimate of drug-likeness (QED) is 0.944. The van der Waals surface area contributed by atoms with Crippen LogP contribution < -0.4 is 4.90 Å². The Balaban J connectivity index is 1.97. The maximum atomic E-state index is 9.15. The van der Waals surface area contributed by atoms with E-state index in [0.717, 1.165) is 30.2 Å². The highest BCUT2D eigenvalue weighted by Crippen LogP contribution is 2.35. The number of hydrogen-bond donors (Lipinski definition) is 1. The number of aromatic nitrogens is 2. The van der Waals surface area contributed by atoms with Crippen molar-refractivity contribution in [1.29, 1.82) is 0 Å². The van der Waals surface area contributed by atoms with Crippen LogP contribution in [0.25, 0.3) is 10.2 Å². The van der Waals surface area contributed by atoms with Crippen molar-refractivity contribution >= 4 is 27.4 Å². The maximum absolute atomic E-state index is 9.15. The summed E-state index contributed by atoms with van der Waals surface area (Å²) in [5, 5.41) is 10.4. The lowest BCUT2D eigenvalue weighted by atomic mass is 9.95. The fourth-order valence-corrected chi connectivity index (χ4v) is 4.07. The van der Waals surface area contributed by atoms with Gasteiger partial charge in [-0.1, -0.05) is 0 Å². The van der Waals surface area contributed by atoms with Crippen molar-refractivity contribution in [3.8, 4) is 0 Å². The van der Waals surface area contributed by atoms with E-state index in [1.807, 2.05) is 0 Å². The summed E-state index contributed by atoms with van der Waals surface area (Å²) in [4.78, 5) is 13.8. The van der Waals surface area contributed by atoms with Gasteiger partial charge in [-0.2, -0.15) is 0 Å². The van der Waals surface area contributed by atoms with Gasteiger partial charge in [-0.3, -0.25) is 0 Å². The van der Waals surface area contributed by atoms with Crippen molar-refractivity contribution in [3.63, 3.8) is 0 Å². The van der Waals surface area contributed by atoms with Gasteiger partial charge in [0.05, 0.1) is 5.39 Å². The standard InChI is InChI=1S/C15H21N3OS/c1-10-11(2)20-15-13(10)14(16-9-17-15)18-6-3-4-12(8-18)5-7-19/h9,12,19H,3-8H2,1-2H3. The van der Waals surface area contributed by atoms with Crippen molar-refractivity contribution in [1.82, 2.24) is 9.97 Å². The lowest BCUT2D eigenvalue weighted by Gasteiger charge is -2.33. The van der Waals surface area contributed by atoms with Crippen LogP contribution in [0.5, 0.6) is 0 Å². The van der Waals surface area contributed by atoms with Crippen LogP contribution in [-0.4, -0.2) is 34.8 Å². The van der Waals surface area contributed by atoms with E-state index < -0.39 is 0 Å². The zero-order chi connectivity index (χ0) is 14.1. The molecule has 0 amide bonds. The Morgan fingerprint density at radius 1 is 1.40 bits per heavy atom. The molecule has 1 unspecified atom stereocenters. The van der Waals surface area contributed by atoms with Gasteiger partial charge in [-0.15, -0.1) is 11.3 Å². The lowest BCUT2D eigenvalue weighted by molar-refractivity contribution is 0.244. The fourth-order valence-electron chi connectivity index (χ4n) is 3.08. The number of piperidine rings is 1. The number of hydrogen-bond acceptors (Lipinski definition) is 5. The van der Waals surface area contributed by atoms with Crippen LogP contribution in [0.4, 0.5) is 5.82 Å². The number of rotatable bonds is 3. The lowest BCUT2D eigenvalue weighted by Crippen LogP contribution is -2.36. The zero-order valence-corrected chi connectivity index (χ0v) is 12.9. The molecular formula is C15H21N3OS. The fraction of sp³-hybridized carbons (Fsp3) is 0.600. The van der Waals surface area contributed by atoms with Crippen LogP contribution in [0, 0.1) is 19.8 Å². The molecule has 0 bridgehead atoms. The van der Waals surface area contributed by atoms with E-state index in [9.17, 15) is 0 Å². The van der Waals surface area contributed by atoms with E-state index in [2.05, 4.69) is 28.7 Å². The monoisotopic (exact) mass is 291 g/mol. The molecule has 1 aliphatic rings. The SMILES string of the molecule is Cc1sc2ncnc(N3CCCC(CCO)C3)c2c1C. The number of aliphatic hydroxyl groups is 1. The van der Waals surface area contributed by atoms with E-state index in [4.69, 9.17) is 5.11 Å². The number of anilines is 1. The van der Waals surface area contributed by atoms with Gasteiger partial charge in [0.25, 0.3) is 0 Å². The van der Waals surface area contributed by atoms with Crippen molar-refractivity contribution < 1.29 is 5.11 Å². The van der Waals surface area contributed by atoms with Crippen LogP contribution in [0.15, 0.2) is 6.33 Å². The molecule has 20 heavy (non-hydrogen) atoms. The summed E-state index contributed by atoms with van der Waals surface area (Å²) in [5.41, 5.74) is 1.31. The molecule has 0 saturated carbocycles. The molecule has 1 fully saturated rings. The summed E-state index contributed by atoms with van der Waals surface area (Å²) < 4.78 is 0. The summed E-state index contributed by atoms with van der Waals surface area (Å²) in [6.07, 6.45) is 4.97. The third-order valence-electron chi connectivity index (χ3n) is 4.30. The van der Waals surface area contributed by atoms with Crippen LogP contribution in [0.3, 0.4) is 0 Å². The smallest absolute Gasteiger partial charge is 0.141 e. The molecule has 2 aromatic rings. The predicted octanol–water partition coefficient (Wildman–Crippen LogP) is 2.91. The first-order chi connectivity index (χ1) is 9.70. The third kappa shape index (κ3) is 2.40. The molecule has 108 valence electrons. The minimum Gasteiger partial charge on any atom is -0.396 e. The van der Waals surface area contributed by atoms with Gasteiger partial charge in [-0.05, 0) is 44.6 Å². The van der Waals surface area contributed by atoms with Gasteiger partial charge in [-0.25, -0.2) is 9.97 Å². The number of thiophene rings is 1. The largest absolute Gasteiger partial charge is 0.396 e. The number of aryl methyl sites for hydroxylation is 2. The highest BCUT2D eigenvalue weighted by atomic mass is 32.1. The third-order valence-corrected chi connectivity index (χ3v) is 5.42. The van der Waals surface area contributed by atoms with Crippen molar-refractivity contribution in [2.75, 3.05) is 24.6 Å². The second-order valence-corrected chi connectivity index (χ2v) is 6.83. The number of aliphatic hydroxyl groups excluding tert-OH is 1. The molecule has 0 spiro atoms. The Morgan fingerprint density at radius 3 is 3.05 bits per heavy atom.